The van der Waals surface area contributed by atoms with Gasteiger partial charge in [0.2, 0.25) is 0 Å². The predicted octanol–water partition coefficient (Wildman–Crippen LogP) is 1.19. The zero-order valence-corrected chi connectivity index (χ0v) is 14.2. The second-order valence-corrected chi connectivity index (χ2v) is 6.84. The smallest absolute Gasteiger partial charge is 0.339 e. The zero-order chi connectivity index (χ0) is 17.0. The van der Waals surface area contributed by atoms with Crippen LogP contribution in [0.1, 0.15) is 20.8 Å². The quantitative estimate of drug-likeness (QED) is 0.513. The molecular formula is C13H12BrN3O5S. The van der Waals surface area contributed by atoms with Gasteiger partial charge in [0.25, 0.3) is 15.9 Å². The lowest BCUT2D eigenvalue weighted by atomic mass is 10.2. The molecule has 0 aliphatic rings. The van der Waals surface area contributed by atoms with E-state index in [1.807, 2.05) is 4.83 Å². The molecule has 1 aromatic carbocycles. The fourth-order valence-corrected chi connectivity index (χ4v) is 3.09. The number of benzene rings is 1. The number of aromatic nitrogens is 1. The molecule has 0 unspecified atom stereocenters. The van der Waals surface area contributed by atoms with Crippen LogP contribution in [-0.4, -0.2) is 32.4 Å². The Morgan fingerprint density at radius 2 is 2.00 bits per heavy atom. The lowest BCUT2D eigenvalue weighted by Crippen LogP contribution is -2.42. The van der Waals surface area contributed by atoms with E-state index in [0.717, 1.165) is 7.11 Å². The van der Waals surface area contributed by atoms with Gasteiger partial charge in [-0.2, -0.15) is 0 Å². The van der Waals surface area contributed by atoms with E-state index in [2.05, 4.69) is 31.1 Å². The molecule has 0 aliphatic heterocycles. The van der Waals surface area contributed by atoms with Gasteiger partial charge >= 0.3 is 5.97 Å². The number of sulfonamides is 1. The van der Waals surface area contributed by atoms with Crippen molar-refractivity contribution in [2.45, 2.75) is 4.90 Å². The van der Waals surface area contributed by atoms with Crippen molar-refractivity contribution >= 4 is 37.8 Å². The Morgan fingerprint density at radius 1 is 1.26 bits per heavy atom. The summed E-state index contributed by atoms with van der Waals surface area (Å²) in [5, 5.41) is 0. The summed E-state index contributed by atoms with van der Waals surface area (Å²) in [5.74, 6) is -1.49. The molecule has 23 heavy (non-hydrogen) atoms. The summed E-state index contributed by atoms with van der Waals surface area (Å²) < 4.78 is 29.7. The summed E-state index contributed by atoms with van der Waals surface area (Å²) >= 11 is 3.15. The first-order chi connectivity index (χ1) is 10.8. The normalized spacial score (nSPS) is 11.0. The monoisotopic (exact) mass is 401 g/mol. The maximum Gasteiger partial charge on any atom is 0.339 e. The second-order valence-electron chi connectivity index (χ2n) is 4.28. The van der Waals surface area contributed by atoms with Gasteiger partial charge in [-0.15, -0.1) is 4.83 Å². The third-order valence-corrected chi connectivity index (χ3v) is 4.58. The Kier molecular flexibility index (Phi) is 5.19. The van der Waals surface area contributed by atoms with Crippen LogP contribution in [-0.2, 0) is 14.8 Å². The molecule has 0 saturated carbocycles. The molecule has 3 N–H and O–H groups in total. The maximum atomic E-state index is 12.3. The lowest BCUT2D eigenvalue weighted by Gasteiger charge is -2.11. The van der Waals surface area contributed by atoms with Crippen molar-refractivity contribution in [2.24, 2.45) is 0 Å². The number of hydrogen-bond donors (Lipinski definition) is 3. The highest BCUT2D eigenvalue weighted by Gasteiger charge is 2.24. The number of hydrazine groups is 1. The molecule has 10 heteroatoms. The van der Waals surface area contributed by atoms with Crippen LogP contribution < -0.4 is 10.3 Å². The molecule has 1 amide bonds. The van der Waals surface area contributed by atoms with Crippen LogP contribution in [0.2, 0.25) is 0 Å². The number of carbonyl (C=O) groups is 2. The van der Waals surface area contributed by atoms with Gasteiger partial charge in [0, 0.05) is 10.7 Å². The third-order valence-electron chi connectivity index (χ3n) is 2.78. The van der Waals surface area contributed by atoms with Gasteiger partial charge in [-0.25, -0.2) is 13.2 Å². The molecule has 0 aliphatic carbocycles. The van der Waals surface area contributed by atoms with E-state index in [9.17, 15) is 18.0 Å². The van der Waals surface area contributed by atoms with Crippen LogP contribution >= 0.6 is 15.9 Å². The average Bonchev–Trinajstić information content (AvgIpc) is 3.06. The Hall–Kier alpha value is -2.17. The van der Waals surface area contributed by atoms with Crippen molar-refractivity contribution in [3.63, 3.8) is 0 Å². The van der Waals surface area contributed by atoms with E-state index in [1.54, 1.807) is 6.07 Å². The van der Waals surface area contributed by atoms with Crippen molar-refractivity contribution in [3.05, 3.63) is 52.3 Å². The summed E-state index contributed by atoms with van der Waals surface area (Å²) in [7, 11) is -3.03. The number of nitrogens with one attached hydrogen (secondary N) is 3. The van der Waals surface area contributed by atoms with Crippen LogP contribution in [0.4, 0.5) is 0 Å². The van der Waals surface area contributed by atoms with Crippen molar-refractivity contribution in [1.29, 1.82) is 0 Å². The van der Waals surface area contributed by atoms with Gasteiger partial charge in [-0.3, -0.25) is 10.2 Å². The zero-order valence-electron chi connectivity index (χ0n) is 11.8. The van der Waals surface area contributed by atoms with Crippen molar-refractivity contribution < 1.29 is 22.7 Å². The molecule has 122 valence electrons. The van der Waals surface area contributed by atoms with Crippen LogP contribution in [0.5, 0.6) is 0 Å². The van der Waals surface area contributed by atoms with Gasteiger partial charge in [-0.05, 0) is 30.3 Å². The van der Waals surface area contributed by atoms with E-state index in [1.165, 1.54) is 30.5 Å². The number of halogens is 1. The molecule has 1 aromatic heterocycles. The predicted molar refractivity (Wildman–Crippen MR) is 84.1 cm³/mol. The van der Waals surface area contributed by atoms with Gasteiger partial charge < -0.3 is 9.72 Å². The van der Waals surface area contributed by atoms with Crippen LogP contribution in [0.3, 0.4) is 0 Å². The average molecular weight is 402 g/mol. The van der Waals surface area contributed by atoms with Crippen LogP contribution in [0, 0.1) is 0 Å². The number of carbonyl (C=O) groups excluding carboxylic acids is 2. The SMILES string of the molecule is COC(=O)c1cc(Br)ccc1S(=O)(=O)NNC(=O)c1ccc[nH]1. The lowest BCUT2D eigenvalue weighted by molar-refractivity contribution is 0.0596. The molecule has 0 saturated heterocycles. The third kappa shape index (κ3) is 3.97. The first kappa shape index (κ1) is 17.2. The molecule has 2 aromatic rings. The topological polar surface area (TPSA) is 117 Å². The number of amides is 1. The molecule has 2 rings (SSSR count). The standard InChI is InChI=1S/C13H12BrN3O5S/c1-22-13(19)9-7-8(14)4-5-11(9)23(20,21)17-16-12(18)10-3-2-6-15-10/h2-7,15,17H,1H3,(H,16,18). The van der Waals surface area contributed by atoms with Crippen molar-refractivity contribution in [2.75, 3.05) is 7.11 Å². The minimum atomic E-state index is -4.17. The van der Waals surface area contributed by atoms with E-state index in [0.29, 0.717) is 4.47 Å². The number of esters is 1. The Morgan fingerprint density at radius 3 is 2.61 bits per heavy atom. The number of H-pyrrole nitrogens is 1. The highest BCUT2D eigenvalue weighted by atomic mass is 79.9. The first-order valence-corrected chi connectivity index (χ1v) is 8.46. The van der Waals surface area contributed by atoms with Crippen molar-refractivity contribution in [3.8, 4) is 0 Å². The fourth-order valence-electron chi connectivity index (χ4n) is 1.71. The van der Waals surface area contributed by atoms with E-state index in [4.69, 9.17) is 0 Å². The number of rotatable bonds is 5. The highest BCUT2D eigenvalue weighted by molar-refractivity contribution is 9.10. The highest BCUT2D eigenvalue weighted by Crippen LogP contribution is 2.21. The summed E-state index contributed by atoms with van der Waals surface area (Å²) in [6.45, 7) is 0. The number of ether oxygens (including phenoxy) is 1. The Labute approximate surface area is 140 Å². The summed E-state index contributed by atoms with van der Waals surface area (Å²) in [6, 6.07) is 7.05. The van der Waals surface area contributed by atoms with Crippen LogP contribution in [0.25, 0.3) is 0 Å². The number of methoxy groups -OCH3 is 1. The van der Waals surface area contributed by atoms with Gasteiger partial charge in [0.15, 0.2) is 0 Å². The van der Waals surface area contributed by atoms with E-state index < -0.39 is 21.9 Å². The molecule has 0 spiro atoms. The van der Waals surface area contributed by atoms with E-state index in [-0.39, 0.29) is 16.2 Å². The van der Waals surface area contributed by atoms with Gasteiger partial charge in [0.05, 0.1) is 17.6 Å². The summed E-state index contributed by atoms with van der Waals surface area (Å²) in [4.78, 5) is 27.7. The minimum Gasteiger partial charge on any atom is -0.465 e. The maximum absolute atomic E-state index is 12.3. The molecule has 0 bridgehead atoms. The first-order valence-electron chi connectivity index (χ1n) is 6.18. The molecule has 0 atom stereocenters. The Balaban J connectivity index is 2.26. The second kappa shape index (κ2) is 6.94. The number of hydrogen-bond acceptors (Lipinski definition) is 5. The van der Waals surface area contributed by atoms with Gasteiger partial charge in [0.1, 0.15) is 5.69 Å². The summed E-state index contributed by atoms with van der Waals surface area (Å²) in [5.41, 5.74) is 2.06. The van der Waals surface area contributed by atoms with Gasteiger partial charge in [-0.1, -0.05) is 15.9 Å². The molecule has 0 fully saturated rings. The fraction of sp³-hybridized carbons (Fsp3) is 0.0769. The molecule has 0 radical (unpaired) electrons. The number of aromatic amines is 1. The minimum absolute atomic E-state index is 0.163. The molecular weight excluding hydrogens is 390 g/mol. The van der Waals surface area contributed by atoms with Crippen LogP contribution in [0.15, 0.2) is 45.9 Å². The largest absolute Gasteiger partial charge is 0.465 e. The van der Waals surface area contributed by atoms with E-state index >= 15 is 0 Å². The Bertz CT molecular complexity index is 833. The molecule has 1 heterocycles. The summed E-state index contributed by atoms with van der Waals surface area (Å²) in [6.07, 6.45) is 1.52. The molecule has 8 nitrogen and oxygen atoms in total. The van der Waals surface area contributed by atoms with Crippen molar-refractivity contribution in [1.82, 2.24) is 15.2 Å².